The number of nitrogens with one attached hydrogen (secondary N) is 2. The third-order valence-corrected chi connectivity index (χ3v) is 4.02. The SMILES string of the molecule is Cc1cc(NC(=O)c2ccc3cc4n(c3n2)C(C)CNC4=O)no1. The maximum atomic E-state index is 12.4. The molecule has 0 aliphatic carbocycles. The van der Waals surface area contributed by atoms with Gasteiger partial charge in [0, 0.05) is 18.0 Å². The summed E-state index contributed by atoms with van der Waals surface area (Å²) in [6, 6.07) is 6.90. The van der Waals surface area contributed by atoms with Crippen molar-refractivity contribution in [3.8, 4) is 0 Å². The fourth-order valence-electron chi connectivity index (χ4n) is 2.87. The molecule has 0 radical (unpaired) electrons. The summed E-state index contributed by atoms with van der Waals surface area (Å²) >= 11 is 0. The Balaban J connectivity index is 1.74. The van der Waals surface area contributed by atoms with Crippen molar-refractivity contribution in [3.63, 3.8) is 0 Å². The number of rotatable bonds is 2. The Kier molecular flexibility index (Phi) is 3.12. The van der Waals surface area contributed by atoms with Crippen molar-refractivity contribution in [2.24, 2.45) is 0 Å². The van der Waals surface area contributed by atoms with E-state index in [0.29, 0.717) is 29.5 Å². The van der Waals surface area contributed by atoms with Crippen molar-refractivity contribution in [1.82, 2.24) is 20.0 Å². The maximum absolute atomic E-state index is 12.4. The second kappa shape index (κ2) is 5.19. The molecule has 0 saturated heterocycles. The van der Waals surface area contributed by atoms with Gasteiger partial charge in [-0.05, 0) is 32.0 Å². The number of nitrogens with zero attached hydrogens (tertiary/aromatic N) is 3. The van der Waals surface area contributed by atoms with E-state index in [1.54, 1.807) is 31.2 Å². The average molecular weight is 325 g/mol. The molecule has 1 aliphatic heterocycles. The summed E-state index contributed by atoms with van der Waals surface area (Å²) in [5, 5.41) is 10.0. The van der Waals surface area contributed by atoms with Gasteiger partial charge >= 0.3 is 0 Å². The van der Waals surface area contributed by atoms with Gasteiger partial charge in [-0.25, -0.2) is 4.98 Å². The molecule has 0 spiro atoms. The first kappa shape index (κ1) is 14.4. The molecule has 0 saturated carbocycles. The van der Waals surface area contributed by atoms with Gasteiger partial charge in [-0.2, -0.15) is 0 Å². The highest BCUT2D eigenvalue weighted by molar-refractivity contribution is 6.04. The highest BCUT2D eigenvalue weighted by Crippen LogP contribution is 2.25. The van der Waals surface area contributed by atoms with Gasteiger partial charge in [0.1, 0.15) is 22.8 Å². The molecule has 0 bridgehead atoms. The summed E-state index contributed by atoms with van der Waals surface area (Å²) in [4.78, 5) is 28.8. The molecule has 2 N–H and O–H groups in total. The van der Waals surface area contributed by atoms with Crippen molar-refractivity contribution < 1.29 is 14.1 Å². The molecule has 4 rings (SSSR count). The number of carbonyl (C=O) groups excluding carboxylic acids is 2. The smallest absolute Gasteiger partial charge is 0.275 e. The quantitative estimate of drug-likeness (QED) is 0.749. The lowest BCUT2D eigenvalue weighted by molar-refractivity contribution is 0.0918. The Morgan fingerprint density at radius 1 is 1.42 bits per heavy atom. The normalized spacial score (nSPS) is 16.8. The molecular weight excluding hydrogens is 310 g/mol. The Morgan fingerprint density at radius 2 is 2.25 bits per heavy atom. The van der Waals surface area contributed by atoms with Gasteiger partial charge in [0.15, 0.2) is 5.82 Å². The van der Waals surface area contributed by atoms with E-state index in [4.69, 9.17) is 4.52 Å². The third kappa shape index (κ3) is 2.23. The molecule has 122 valence electrons. The van der Waals surface area contributed by atoms with Gasteiger partial charge in [-0.15, -0.1) is 0 Å². The van der Waals surface area contributed by atoms with Crippen molar-refractivity contribution >= 4 is 28.7 Å². The molecule has 0 aromatic carbocycles. The van der Waals surface area contributed by atoms with Crippen LogP contribution in [-0.2, 0) is 0 Å². The molecule has 8 heteroatoms. The topological polar surface area (TPSA) is 102 Å². The zero-order chi connectivity index (χ0) is 16.8. The monoisotopic (exact) mass is 325 g/mol. The predicted octanol–water partition coefficient (Wildman–Crippen LogP) is 1.89. The number of aryl methyl sites for hydroxylation is 1. The van der Waals surface area contributed by atoms with E-state index in [-0.39, 0.29) is 23.6 Å². The lowest BCUT2D eigenvalue weighted by atomic mass is 10.2. The van der Waals surface area contributed by atoms with E-state index in [2.05, 4.69) is 20.8 Å². The predicted molar refractivity (Wildman–Crippen MR) is 86.0 cm³/mol. The van der Waals surface area contributed by atoms with Crippen LogP contribution in [-0.4, -0.2) is 33.1 Å². The molecule has 8 nitrogen and oxygen atoms in total. The summed E-state index contributed by atoms with van der Waals surface area (Å²) in [6.07, 6.45) is 0. The van der Waals surface area contributed by atoms with Crippen LogP contribution >= 0.6 is 0 Å². The first-order chi connectivity index (χ1) is 11.5. The van der Waals surface area contributed by atoms with Gasteiger partial charge in [0.2, 0.25) is 0 Å². The fourth-order valence-corrected chi connectivity index (χ4v) is 2.87. The molecule has 24 heavy (non-hydrogen) atoms. The number of aromatic nitrogens is 3. The molecular formula is C16H15N5O3. The van der Waals surface area contributed by atoms with Crippen LogP contribution in [0.4, 0.5) is 5.82 Å². The maximum Gasteiger partial charge on any atom is 0.275 e. The summed E-state index contributed by atoms with van der Waals surface area (Å²) in [6.45, 7) is 4.27. The van der Waals surface area contributed by atoms with E-state index in [9.17, 15) is 9.59 Å². The van der Waals surface area contributed by atoms with Crippen LogP contribution in [0.15, 0.2) is 28.8 Å². The van der Waals surface area contributed by atoms with Crippen molar-refractivity contribution in [1.29, 1.82) is 0 Å². The Hall–Kier alpha value is -3.16. The van der Waals surface area contributed by atoms with Crippen molar-refractivity contribution in [3.05, 3.63) is 41.4 Å². The van der Waals surface area contributed by atoms with Crippen LogP contribution in [0.1, 0.15) is 39.7 Å². The molecule has 1 unspecified atom stereocenters. The van der Waals surface area contributed by atoms with Crippen LogP contribution < -0.4 is 10.6 Å². The summed E-state index contributed by atoms with van der Waals surface area (Å²) in [5.74, 6) is 0.433. The number of amides is 2. The van der Waals surface area contributed by atoms with Crippen molar-refractivity contribution in [2.75, 3.05) is 11.9 Å². The lowest BCUT2D eigenvalue weighted by Crippen LogP contribution is -2.37. The van der Waals surface area contributed by atoms with Crippen LogP contribution in [0.25, 0.3) is 11.0 Å². The minimum atomic E-state index is -0.381. The highest BCUT2D eigenvalue weighted by atomic mass is 16.5. The average Bonchev–Trinajstić information content (AvgIpc) is 3.14. The second-order valence-electron chi connectivity index (χ2n) is 5.84. The minimum absolute atomic E-state index is 0.0687. The Bertz CT molecular complexity index is 971. The van der Waals surface area contributed by atoms with E-state index in [1.165, 1.54) is 0 Å². The third-order valence-electron chi connectivity index (χ3n) is 4.02. The number of fused-ring (bicyclic) bond motifs is 3. The Morgan fingerprint density at radius 3 is 3.00 bits per heavy atom. The van der Waals surface area contributed by atoms with E-state index in [0.717, 1.165) is 5.39 Å². The molecule has 4 heterocycles. The van der Waals surface area contributed by atoms with Gasteiger partial charge in [0.05, 0.1) is 6.04 Å². The van der Waals surface area contributed by atoms with Gasteiger partial charge in [-0.3, -0.25) is 9.59 Å². The summed E-state index contributed by atoms with van der Waals surface area (Å²) in [5.41, 5.74) is 1.43. The highest BCUT2D eigenvalue weighted by Gasteiger charge is 2.25. The van der Waals surface area contributed by atoms with Crippen LogP contribution in [0.5, 0.6) is 0 Å². The van der Waals surface area contributed by atoms with Crippen LogP contribution in [0, 0.1) is 6.92 Å². The van der Waals surface area contributed by atoms with E-state index in [1.807, 2.05) is 11.5 Å². The van der Waals surface area contributed by atoms with Gasteiger partial charge in [0.25, 0.3) is 11.8 Å². The number of hydrogen-bond donors (Lipinski definition) is 2. The molecule has 1 aliphatic rings. The largest absolute Gasteiger partial charge is 0.360 e. The van der Waals surface area contributed by atoms with E-state index >= 15 is 0 Å². The molecule has 3 aromatic rings. The molecule has 2 amide bonds. The van der Waals surface area contributed by atoms with Crippen molar-refractivity contribution in [2.45, 2.75) is 19.9 Å². The fraction of sp³-hybridized carbons (Fsp3) is 0.250. The molecule has 1 atom stereocenters. The zero-order valence-corrected chi connectivity index (χ0v) is 13.2. The number of hydrogen-bond acceptors (Lipinski definition) is 5. The number of anilines is 1. The number of carbonyl (C=O) groups is 2. The number of pyridine rings is 1. The first-order valence-corrected chi connectivity index (χ1v) is 7.58. The Labute approximate surface area is 136 Å². The minimum Gasteiger partial charge on any atom is -0.360 e. The zero-order valence-electron chi connectivity index (χ0n) is 13.2. The second-order valence-corrected chi connectivity index (χ2v) is 5.84. The van der Waals surface area contributed by atoms with E-state index < -0.39 is 0 Å². The lowest BCUT2D eigenvalue weighted by Gasteiger charge is -2.23. The van der Waals surface area contributed by atoms with Gasteiger partial charge in [-0.1, -0.05) is 5.16 Å². The summed E-state index contributed by atoms with van der Waals surface area (Å²) in [7, 11) is 0. The first-order valence-electron chi connectivity index (χ1n) is 7.58. The van der Waals surface area contributed by atoms with Crippen LogP contribution in [0.3, 0.4) is 0 Å². The molecule has 3 aromatic heterocycles. The molecule has 0 fully saturated rings. The summed E-state index contributed by atoms with van der Waals surface area (Å²) < 4.78 is 6.79. The standard InChI is InChI=1S/C16H15N5O3/c1-8-7-17-16(23)12-6-10-3-4-11(18-14(10)21(8)12)15(22)19-13-5-9(2)24-20-13/h3-6,8H,7H2,1-2H3,(H,17,23)(H,19,20,22). The van der Waals surface area contributed by atoms with Gasteiger partial charge < -0.3 is 19.7 Å². The van der Waals surface area contributed by atoms with Crippen LogP contribution in [0.2, 0.25) is 0 Å².